The van der Waals surface area contributed by atoms with Crippen molar-refractivity contribution >= 4 is 17.6 Å². The average Bonchev–Trinajstić information content (AvgIpc) is 2.15. The van der Waals surface area contributed by atoms with Crippen molar-refractivity contribution in [3.63, 3.8) is 0 Å². The zero-order chi connectivity index (χ0) is 11.1. The van der Waals surface area contributed by atoms with Gasteiger partial charge in [0.25, 0.3) is 0 Å². The molecule has 0 aliphatic heterocycles. The van der Waals surface area contributed by atoms with Crippen LogP contribution in [0.2, 0.25) is 0 Å². The first-order valence-electron chi connectivity index (χ1n) is 4.21. The van der Waals surface area contributed by atoms with E-state index in [0.717, 1.165) is 0 Å². The van der Waals surface area contributed by atoms with Crippen molar-refractivity contribution in [2.24, 2.45) is 10.9 Å². The Labute approximate surface area is 83.1 Å². The van der Waals surface area contributed by atoms with Gasteiger partial charge in [0.05, 0.1) is 13.7 Å². The maximum Gasteiger partial charge on any atom is 0.433 e. The first-order valence-corrected chi connectivity index (χ1v) is 4.21. The zero-order valence-electron chi connectivity index (χ0n) is 8.86. The second-order valence-electron chi connectivity index (χ2n) is 2.98. The van der Waals surface area contributed by atoms with Crippen LogP contribution in [0.1, 0.15) is 13.8 Å². The van der Waals surface area contributed by atoms with Crippen LogP contribution in [0.3, 0.4) is 0 Å². The molecule has 0 fully saturated rings. The number of Topliss-reactive ketones (excluding diaryl/α,β-unsaturated/α-hetero) is 1. The molecular formula is C9H15NO4. The second kappa shape index (κ2) is 6.26. The van der Waals surface area contributed by atoms with Crippen LogP contribution < -0.4 is 0 Å². The Balaban J connectivity index is 4.66. The Morgan fingerprint density at radius 2 is 1.86 bits per heavy atom. The molecule has 0 N–H and O–H groups in total. The Kier molecular flexibility index (Phi) is 5.71. The van der Waals surface area contributed by atoms with Gasteiger partial charge in [0.15, 0.2) is 5.78 Å². The van der Waals surface area contributed by atoms with Crippen LogP contribution in [0, 0.1) is 5.92 Å². The summed E-state index contributed by atoms with van der Waals surface area (Å²) in [6.07, 6.45) is -0.786. The largest absolute Gasteiger partial charge is 0.451 e. The lowest BCUT2D eigenvalue weighted by molar-refractivity contribution is -0.115. The fourth-order valence-electron chi connectivity index (χ4n) is 0.784. The first-order chi connectivity index (χ1) is 6.52. The van der Waals surface area contributed by atoms with E-state index in [9.17, 15) is 9.59 Å². The summed E-state index contributed by atoms with van der Waals surface area (Å²) in [6.45, 7) is 3.47. The molecule has 0 saturated heterocycles. The summed E-state index contributed by atoms with van der Waals surface area (Å²) in [6, 6.07) is 0. The van der Waals surface area contributed by atoms with E-state index in [0.29, 0.717) is 0 Å². The summed E-state index contributed by atoms with van der Waals surface area (Å²) in [5.41, 5.74) is 0.0920. The smallest absolute Gasteiger partial charge is 0.433 e. The van der Waals surface area contributed by atoms with Crippen molar-refractivity contribution in [1.82, 2.24) is 0 Å². The maximum atomic E-state index is 11.5. The fraction of sp³-hybridized carbons (Fsp3) is 0.667. The first kappa shape index (κ1) is 12.8. The third-order valence-electron chi connectivity index (χ3n) is 1.49. The maximum absolute atomic E-state index is 11.5. The number of rotatable bonds is 4. The zero-order valence-corrected chi connectivity index (χ0v) is 8.86. The molecule has 0 saturated carbocycles. The van der Waals surface area contributed by atoms with E-state index in [1.807, 2.05) is 0 Å². The van der Waals surface area contributed by atoms with Crippen molar-refractivity contribution in [3.05, 3.63) is 0 Å². The minimum Gasteiger partial charge on any atom is -0.451 e. The van der Waals surface area contributed by atoms with Crippen molar-refractivity contribution in [2.75, 3.05) is 20.8 Å². The highest BCUT2D eigenvalue weighted by atomic mass is 16.5. The molecule has 5 nitrogen and oxygen atoms in total. The van der Waals surface area contributed by atoms with Gasteiger partial charge in [0.2, 0.25) is 0 Å². The van der Waals surface area contributed by atoms with E-state index in [2.05, 4.69) is 9.73 Å². The summed E-state index contributed by atoms with van der Waals surface area (Å²) in [4.78, 5) is 25.8. The molecule has 0 bridgehead atoms. The normalized spacial score (nSPS) is 11.6. The van der Waals surface area contributed by atoms with E-state index in [1.165, 1.54) is 14.2 Å². The molecule has 0 heterocycles. The van der Waals surface area contributed by atoms with Crippen molar-refractivity contribution < 1.29 is 19.1 Å². The Morgan fingerprint density at radius 3 is 2.21 bits per heavy atom. The van der Waals surface area contributed by atoms with E-state index in [4.69, 9.17) is 4.74 Å². The minimum atomic E-state index is -0.786. The lowest BCUT2D eigenvalue weighted by Gasteiger charge is -2.06. The predicted molar refractivity (Wildman–Crippen MR) is 51.6 cm³/mol. The lowest BCUT2D eigenvalue weighted by Crippen LogP contribution is -2.25. The Bertz CT molecular complexity index is 245. The van der Waals surface area contributed by atoms with Gasteiger partial charge in [-0.15, -0.1) is 0 Å². The van der Waals surface area contributed by atoms with Crippen LogP contribution >= 0.6 is 0 Å². The van der Waals surface area contributed by atoms with Gasteiger partial charge in [-0.2, -0.15) is 4.99 Å². The Morgan fingerprint density at radius 1 is 1.29 bits per heavy atom. The van der Waals surface area contributed by atoms with Crippen molar-refractivity contribution in [2.45, 2.75) is 13.8 Å². The molecular weight excluding hydrogens is 186 g/mol. The number of ether oxygens (including phenoxy) is 2. The minimum absolute atomic E-state index is 0.0200. The topological polar surface area (TPSA) is 65.0 Å². The Hall–Kier alpha value is -1.23. The third kappa shape index (κ3) is 4.13. The number of carbonyl (C=O) groups excluding carboxylic acids is 2. The van der Waals surface area contributed by atoms with Gasteiger partial charge in [0.1, 0.15) is 5.71 Å². The van der Waals surface area contributed by atoms with Crippen molar-refractivity contribution in [3.8, 4) is 0 Å². The number of carbonyl (C=O) groups is 2. The van der Waals surface area contributed by atoms with Crippen molar-refractivity contribution in [1.29, 1.82) is 0 Å². The molecule has 0 aliphatic rings. The third-order valence-corrected chi connectivity index (χ3v) is 1.49. The molecule has 0 aromatic carbocycles. The molecule has 0 unspecified atom stereocenters. The monoisotopic (exact) mass is 201 g/mol. The number of nitrogens with zero attached hydrogens (tertiary/aromatic N) is 1. The van der Waals surface area contributed by atoms with Gasteiger partial charge in [-0.25, -0.2) is 4.79 Å². The van der Waals surface area contributed by atoms with Gasteiger partial charge in [-0.05, 0) is 0 Å². The summed E-state index contributed by atoms with van der Waals surface area (Å²) in [5.74, 6) is -0.425. The molecule has 0 aliphatic carbocycles. The number of ketones is 1. The number of amides is 1. The molecule has 5 heteroatoms. The van der Waals surface area contributed by atoms with Crippen LogP contribution in [0.25, 0.3) is 0 Å². The molecule has 0 radical (unpaired) electrons. The number of methoxy groups -OCH3 is 2. The van der Waals surface area contributed by atoms with Crippen LogP contribution in [0.15, 0.2) is 4.99 Å². The standard InChI is InChI=1S/C9H15NO4/c1-6(2)8(11)7(5-13-3)10-9(12)14-4/h6H,5H2,1-4H3/b10-7+. The van der Waals surface area contributed by atoms with Gasteiger partial charge in [-0.1, -0.05) is 13.8 Å². The highest BCUT2D eigenvalue weighted by Crippen LogP contribution is 1.98. The lowest BCUT2D eigenvalue weighted by atomic mass is 10.1. The highest BCUT2D eigenvalue weighted by molar-refractivity contribution is 6.42. The molecule has 80 valence electrons. The van der Waals surface area contributed by atoms with Crippen LogP contribution in [0.5, 0.6) is 0 Å². The summed E-state index contributed by atoms with van der Waals surface area (Å²) in [5, 5.41) is 0. The van der Waals surface area contributed by atoms with Crippen LogP contribution in [0.4, 0.5) is 4.79 Å². The predicted octanol–water partition coefficient (Wildman–Crippen LogP) is 1.07. The molecule has 14 heavy (non-hydrogen) atoms. The number of aliphatic imine (C=N–C) groups is 1. The summed E-state index contributed by atoms with van der Waals surface area (Å²) in [7, 11) is 2.64. The van der Waals surface area contributed by atoms with Gasteiger partial charge in [0, 0.05) is 13.0 Å². The molecule has 1 amide bonds. The molecule has 0 rings (SSSR count). The van der Waals surface area contributed by atoms with Gasteiger partial charge < -0.3 is 9.47 Å². The fourth-order valence-corrected chi connectivity index (χ4v) is 0.784. The molecule has 0 aromatic rings. The van der Waals surface area contributed by atoms with Crippen LogP contribution in [-0.2, 0) is 14.3 Å². The SMILES string of the molecule is COC/C(=N\C(=O)OC)C(=O)C(C)C. The highest BCUT2D eigenvalue weighted by Gasteiger charge is 2.16. The van der Waals surface area contributed by atoms with E-state index in [1.54, 1.807) is 13.8 Å². The number of hydrogen-bond acceptors (Lipinski definition) is 4. The molecule has 0 aromatic heterocycles. The second-order valence-corrected chi connectivity index (χ2v) is 2.98. The summed E-state index contributed by atoms with van der Waals surface area (Å²) >= 11 is 0. The molecule has 0 atom stereocenters. The number of hydrogen-bond donors (Lipinski definition) is 0. The van der Waals surface area contributed by atoms with E-state index in [-0.39, 0.29) is 24.0 Å². The quantitative estimate of drug-likeness (QED) is 0.638. The average molecular weight is 201 g/mol. The summed E-state index contributed by atoms with van der Waals surface area (Å²) < 4.78 is 9.08. The van der Waals surface area contributed by atoms with Gasteiger partial charge >= 0.3 is 6.09 Å². The van der Waals surface area contributed by atoms with Crippen LogP contribution in [-0.4, -0.2) is 38.4 Å². The molecule has 0 spiro atoms. The van der Waals surface area contributed by atoms with Gasteiger partial charge in [-0.3, -0.25) is 4.79 Å². The van der Waals surface area contributed by atoms with E-state index < -0.39 is 6.09 Å². The van der Waals surface area contributed by atoms with E-state index >= 15 is 0 Å².